The zero-order valence-corrected chi connectivity index (χ0v) is 9.34. The van der Waals surface area contributed by atoms with E-state index in [4.69, 9.17) is 0 Å². The van der Waals surface area contributed by atoms with Gasteiger partial charge in [-0.1, -0.05) is 12.1 Å². The maximum Gasteiger partial charge on any atom is 0.221 e. The Morgan fingerprint density at radius 3 is 2.87 bits per heavy atom. The van der Waals surface area contributed by atoms with Crippen LogP contribution in [-0.4, -0.2) is 19.0 Å². The molecule has 3 heteroatoms. The van der Waals surface area contributed by atoms with Crippen molar-refractivity contribution in [2.24, 2.45) is 0 Å². The molecule has 0 saturated carbocycles. The Morgan fingerprint density at radius 1 is 1.40 bits per heavy atom. The van der Waals surface area contributed by atoms with Gasteiger partial charge < -0.3 is 10.6 Å². The van der Waals surface area contributed by atoms with Crippen molar-refractivity contribution in [2.45, 2.75) is 20.3 Å². The second kappa shape index (κ2) is 6.06. The van der Waals surface area contributed by atoms with Gasteiger partial charge in [-0.3, -0.25) is 4.79 Å². The van der Waals surface area contributed by atoms with E-state index in [0.717, 1.165) is 5.69 Å². The topological polar surface area (TPSA) is 41.1 Å². The molecule has 1 amide bonds. The van der Waals surface area contributed by atoms with Crippen LogP contribution in [0.1, 0.15) is 18.9 Å². The van der Waals surface area contributed by atoms with E-state index in [0.29, 0.717) is 19.5 Å². The van der Waals surface area contributed by atoms with Crippen LogP contribution in [0, 0.1) is 6.92 Å². The Hall–Kier alpha value is -1.51. The molecule has 0 fully saturated rings. The van der Waals surface area contributed by atoms with Crippen LogP contribution in [0.5, 0.6) is 0 Å². The van der Waals surface area contributed by atoms with Crippen LogP contribution < -0.4 is 10.6 Å². The first-order valence-corrected chi connectivity index (χ1v) is 5.29. The minimum absolute atomic E-state index is 0.0950. The Labute approximate surface area is 90.9 Å². The van der Waals surface area contributed by atoms with Gasteiger partial charge in [0.1, 0.15) is 0 Å². The fraction of sp³-hybridized carbons (Fsp3) is 0.417. The highest BCUT2D eigenvalue weighted by molar-refractivity contribution is 5.76. The predicted molar refractivity (Wildman–Crippen MR) is 63.0 cm³/mol. The summed E-state index contributed by atoms with van der Waals surface area (Å²) in [7, 11) is 0. The number of aryl methyl sites for hydroxylation is 1. The second-order valence-corrected chi connectivity index (χ2v) is 3.50. The highest BCUT2D eigenvalue weighted by Crippen LogP contribution is 2.08. The molecule has 0 unspecified atom stereocenters. The molecule has 1 rings (SSSR count). The van der Waals surface area contributed by atoms with Gasteiger partial charge in [0.25, 0.3) is 0 Å². The highest BCUT2D eigenvalue weighted by atomic mass is 16.1. The maximum absolute atomic E-state index is 11.1. The molecule has 3 nitrogen and oxygen atoms in total. The van der Waals surface area contributed by atoms with Crippen molar-refractivity contribution in [3.8, 4) is 0 Å². The molecular weight excluding hydrogens is 188 g/mol. The predicted octanol–water partition coefficient (Wildman–Crippen LogP) is 1.93. The molecule has 1 aromatic carbocycles. The second-order valence-electron chi connectivity index (χ2n) is 3.50. The molecule has 0 aliphatic carbocycles. The lowest BCUT2D eigenvalue weighted by atomic mass is 10.2. The third-order valence-electron chi connectivity index (χ3n) is 2.07. The minimum atomic E-state index is 0.0950. The van der Waals surface area contributed by atoms with E-state index >= 15 is 0 Å². The van der Waals surface area contributed by atoms with Crippen molar-refractivity contribution in [3.63, 3.8) is 0 Å². The first-order valence-electron chi connectivity index (χ1n) is 5.29. The fourth-order valence-corrected chi connectivity index (χ4v) is 1.36. The molecule has 0 spiro atoms. The monoisotopic (exact) mass is 206 g/mol. The Kier molecular flexibility index (Phi) is 4.68. The van der Waals surface area contributed by atoms with Crippen molar-refractivity contribution < 1.29 is 4.79 Å². The smallest absolute Gasteiger partial charge is 0.221 e. The van der Waals surface area contributed by atoms with Gasteiger partial charge in [0.15, 0.2) is 0 Å². The summed E-state index contributed by atoms with van der Waals surface area (Å²) in [5, 5.41) is 5.98. The van der Waals surface area contributed by atoms with Crippen LogP contribution in [0.3, 0.4) is 0 Å². The van der Waals surface area contributed by atoms with Gasteiger partial charge in [0, 0.05) is 25.2 Å². The molecule has 0 heterocycles. The van der Waals surface area contributed by atoms with Crippen molar-refractivity contribution in [3.05, 3.63) is 29.8 Å². The number of nitrogens with one attached hydrogen (secondary N) is 2. The molecule has 15 heavy (non-hydrogen) atoms. The number of rotatable bonds is 5. The highest BCUT2D eigenvalue weighted by Gasteiger charge is 1.98. The van der Waals surface area contributed by atoms with Crippen LogP contribution >= 0.6 is 0 Å². The van der Waals surface area contributed by atoms with Crippen LogP contribution in [0.2, 0.25) is 0 Å². The van der Waals surface area contributed by atoms with E-state index in [1.165, 1.54) is 5.56 Å². The van der Waals surface area contributed by atoms with Gasteiger partial charge in [0.2, 0.25) is 5.91 Å². The van der Waals surface area contributed by atoms with E-state index in [-0.39, 0.29) is 5.91 Å². The molecule has 82 valence electrons. The molecule has 0 aromatic heterocycles. The minimum Gasteiger partial charge on any atom is -0.385 e. The number of amides is 1. The summed E-state index contributed by atoms with van der Waals surface area (Å²) in [4.78, 5) is 11.1. The standard InChI is InChI=1S/C12H18N2O/c1-3-13-12(15)7-8-14-11-6-4-5-10(2)9-11/h4-6,9,14H,3,7-8H2,1-2H3,(H,13,15). The molecule has 0 bridgehead atoms. The SMILES string of the molecule is CCNC(=O)CCNc1cccc(C)c1. The van der Waals surface area contributed by atoms with E-state index in [2.05, 4.69) is 29.7 Å². The van der Waals surface area contributed by atoms with Crippen LogP contribution in [-0.2, 0) is 4.79 Å². The molecule has 0 aliphatic rings. The number of carbonyl (C=O) groups excluding carboxylic acids is 1. The van der Waals surface area contributed by atoms with Gasteiger partial charge in [-0.05, 0) is 31.5 Å². The summed E-state index contributed by atoms with van der Waals surface area (Å²) < 4.78 is 0. The van der Waals surface area contributed by atoms with Gasteiger partial charge in [-0.25, -0.2) is 0 Å². The van der Waals surface area contributed by atoms with Crippen LogP contribution in [0.15, 0.2) is 24.3 Å². The summed E-state index contributed by atoms with van der Waals surface area (Å²) in [6.45, 7) is 5.35. The summed E-state index contributed by atoms with van der Waals surface area (Å²) in [6, 6.07) is 8.13. The van der Waals surface area contributed by atoms with E-state index in [1.807, 2.05) is 19.1 Å². The average molecular weight is 206 g/mol. The largest absolute Gasteiger partial charge is 0.385 e. The van der Waals surface area contributed by atoms with E-state index in [1.54, 1.807) is 0 Å². The van der Waals surface area contributed by atoms with E-state index < -0.39 is 0 Å². The molecule has 0 atom stereocenters. The number of carbonyl (C=O) groups is 1. The van der Waals surface area contributed by atoms with Gasteiger partial charge in [-0.15, -0.1) is 0 Å². The molecule has 1 aromatic rings. The van der Waals surface area contributed by atoms with Crippen molar-refractivity contribution >= 4 is 11.6 Å². The third-order valence-corrected chi connectivity index (χ3v) is 2.07. The quantitative estimate of drug-likeness (QED) is 0.773. The van der Waals surface area contributed by atoms with E-state index in [9.17, 15) is 4.79 Å². The maximum atomic E-state index is 11.1. The third kappa shape index (κ3) is 4.49. The number of anilines is 1. The molecule has 0 aliphatic heterocycles. The number of hydrogen-bond donors (Lipinski definition) is 2. The Morgan fingerprint density at radius 2 is 2.20 bits per heavy atom. The van der Waals surface area contributed by atoms with Crippen molar-refractivity contribution in [1.82, 2.24) is 5.32 Å². The summed E-state index contributed by atoms with van der Waals surface area (Å²) in [6.07, 6.45) is 0.516. The van der Waals surface area contributed by atoms with Crippen LogP contribution in [0.4, 0.5) is 5.69 Å². The number of benzene rings is 1. The molecule has 2 N–H and O–H groups in total. The lowest BCUT2D eigenvalue weighted by Crippen LogP contribution is -2.24. The summed E-state index contributed by atoms with van der Waals surface area (Å²) in [5.74, 6) is 0.0950. The van der Waals surface area contributed by atoms with Crippen molar-refractivity contribution in [2.75, 3.05) is 18.4 Å². The Bertz CT molecular complexity index is 323. The first kappa shape index (κ1) is 11.6. The summed E-state index contributed by atoms with van der Waals surface area (Å²) in [5.41, 5.74) is 2.29. The Balaban J connectivity index is 2.28. The zero-order chi connectivity index (χ0) is 11.1. The fourth-order valence-electron chi connectivity index (χ4n) is 1.36. The lowest BCUT2D eigenvalue weighted by molar-refractivity contribution is -0.120. The molecular formula is C12H18N2O. The molecule has 0 radical (unpaired) electrons. The average Bonchev–Trinajstić information content (AvgIpc) is 2.18. The van der Waals surface area contributed by atoms with Gasteiger partial charge in [-0.2, -0.15) is 0 Å². The zero-order valence-electron chi connectivity index (χ0n) is 9.34. The number of hydrogen-bond acceptors (Lipinski definition) is 2. The van der Waals surface area contributed by atoms with Crippen LogP contribution in [0.25, 0.3) is 0 Å². The van der Waals surface area contributed by atoms with Gasteiger partial charge >= 0.3 is 0 Å². The van der Waals surface area contributed by atoms with Gasteiger partial charge in [0.05, 0.1) is 0 Å². The normalized spacial score (nSPS) is 9.73. The lowest BCUT2D eigenvalue weighted by Gasteiger charge is -2.06. The molecule has 0 saturated heterocycles. The summed E-state index contributed by atoms with van der Waals surface area (Å²) >= 11 is 0. The first-order chi connectivity index (χ1) is 7.22. The van der Waals surface area contributed by atoms with Crippen molar-refractivity contribution in [1.29, 1.82) is 0 Å².